The predicted octanol–water partition coefficient (Wildman–Crippen LogP) is 3.61. The van der Waals surface area contributed by atoms with Gasteiger partial charge in [-0.15, -0.1) is 25.6 Å². The number of rotatable bonds is 5. The molecule has 24 heavy (non-hydrogen) atoms. The van der Waals surface area contributed by atoms with Crippen LogP contribution in [0, 0.1) is 0 Å². The first kappa shape index (κ1) is 20.6. The average molecular weight is 367 g/mol. The molecule has 1 amide bonds. The molecule has 1 fully saturated rings. The number of ether oxygens (including phenoxy) is 1. The van der Waals surface area contributed by atoms with Crippen molar-refractivity contribution >= 4 is 18.3 Å². The Balaban J connectivity index is 0.00000288. The van der Waals surface area contributed by atoms with E-state index in [1.807, 2.05) is 6.92 Å². The molecule has 0 atom stereocenters. The maximum absolute atomic E-state index is 12.6. The fourth-order valence-corrected chi connectivity index (χ4v) is 2.68. The highest BCUT2D eigenvalue weighted by atomic mass is 35.5. The van der Waals surface area contributed by atoms with Crippen LogP contribution in [0.25, 0.3) is 0 Å². The van der Waals surface area contributed by atoms with Gasteiger partial charge in [-0.3, -0.25) is 4.79 Å². The largest absolute Gasteiger partial charge is 0.573 e. The number of halogens is 4. The van der Waals surface area contributed by atoms with Crippen LogP contribution in [0.5, 0.6) is 5.75 Å². The molecule has 0 aliphatic carbocycles. The standard InChI is InChI=1S/C16H21F3N2O2.ClH/c1-2-7-21-15(22)13-4-3-12(11-5-8-20-9-6-11)10-14(13)23-16(17,18)19;/h3-4,10-11,20H,2,5-9H2,1H3,(H,21,22);1H. The van der Waals surface area contributed by atoms with Crippen LogP contribution in [0.4, 0.5) is 13.2 Å². The van der Waals surface area contributed by atoms with E-state index in [2.05, 4.69) is 15.4 Å². The van der Waals surface area contributed by atoms with Gasteiger partial charge in [-0.25, -0.2) is 0 Å². The number of amides is 1. The molecule has 0 bridgehead atoms. The zero-order valence-corrected chi connectivity index (χ0v) is 14.2. The van der Waals surface area contributed by atoms with Crippen molar-refractivity contribution in [1.82, 2.24) is 10.6 Å². The van der Waals surface area contributed by atoms with Crippen LogP contribution in [0.3, 0.4) is 0 Å². The van der Waals surface area contributed by atoms with Crippen molar-refractivity contribution in [2.45, 2.75) is 38.5 Å². The van der Waals surface area contributed by atoms with E-state index < -0.39 is 18.0 Å². The molecule has 1 aliphatic rings. The summed E-state index contributed by atoms with van der Waals surface area (Å²) in [7, 11) is 0. The van der Waals surface area contributed by atoms with Gasteiger partial charge in [0, 0.05) is 6.54 Å². The van der Waals surface area contributed by atoms with Gasteiger partial charge in [-0.1, -0.05) is 13.0 Å². The number of carbonyl (C=O) groups excluding carboxylic acids is 1. The normalized spacial score (nSPS) is 15.5. The molecule has 0 aromatic heterocycles. The summed E-state index contributed by atoms with van der Waals surface area (Å²) in [6.07, 6.45) is -2.42. The zero-order chi connectivity index (χ0) is 16.9. The van der Waals surface area contributed by atoms with Gasteiger partial charge in [0.05, 0.1) is 5.56 Å². The highest BCUT2D eigenvalue weighted by Crippen LogP contribution is 2.33. The number of benzene rings is 1. The summed E-state index contributed by atoms with van der Waals surface area (Å²) in [6, 6.07) is 4.49. The Morgan fingerprint density at radius 2 is 2.00 bits per heavy atom. The molecule has 4 nitrogen and oxygen atoms in total. The molecular formula is C16H22ClF3N2O2. The van der Waals surface area contributed by atoms with Crippen LogP contribution >= 0.6 is 12.4 Å². The summed E-state index contributed by atoms with van der Waals surface area (Å²) in [5, 5.41) is 5.79. The van der Waals surface area contributed by atoms with Crippen LogP contribution in [-0.4, -0.2) is 31.9 Å². The summed E-state index contributed by atoms with van der Waals surface area (Å²) in [6.45, 7) is 3.94. The van der Waals surface area contributed by atoms with E-state index in [-0.39, 0.29) is 23.9 Å². The Kier molecular flexibility index (Phi) is 7.83. The van der Waals surface area contributed by atoms with Crippen LogP contribution in [0.15, 0.2) is 18.2 Å². The lowest BCUT2D eigenvalue weighted by Gasteiger charge is -2.24. The molecule has 1 heterocycles. The third-order valence-corrected chi connectivity index (χ3v) is 3.82. The third kappa shape index (κ3) is 5.87. The van der Waals surface area contributed by atoms with E-state index in [1.54, 1.807) is 6.07 Å². The van der Waals surface area contributed by atoms with Gasteiger partial charge in [0.15, 0.2) is 0 Å². The lowest BCUT2D eigenvalue weighted by Crippen LogP contribution is -2.28. The third-order valence-electron chi connectivity index (χ3n) is 3.82. The van der Waals surface area contributed by atoms with E-state index in [1.165, 1.54) is 12.1 Å². The molecule has 2 rings (SSSR count). The van der Waals surface area contributed by atoms with Crippen LogP contribution < -0.4 is 15.4 Å². The molecule has 136 valence electrons. The lowest BCUT2D eigenvalue weighted by atomic mass is 9.89. The molecule has 0 spiro atoms. The second-order valence-electron chi connectivity index (χ2n) is 5.58. The number of nitrogens with one attached hydrogen (secondary N) is 2. The second-order valence-corrected chi connectivity index (χ2v) is 5.58. The summed E-state index contributed by atoms with van der Waals surface area (Å²) < 4.78 is 42.0. The van der Waals surface area contributed by atoms with Gasteiger partial charge in [0.25, 0.3) is 5.91 Å². The summed E-state index contributed by atoms with van der Waals surface area (Å²) in [4.78, 5) is 12.0. The highest BCUT2D eigenvalue weighted by Gasteiger charge is 2.33. The van der Waals surface area contributed by atoms with Crippen molar-refractivity contribution in [1.29, 1.82) is 0 Å². The summed E-state index contributed by atoms with van der Waals surface area (Å²) >= 11 is 0. The Morgan fingerprint density at radius 3 is 2.58 bits per heavy atom. The molecule has 1 aliphatic heterocycles. The quantitative estimate of drug-likeness (QED) is 0.837. The van der Waals surface area contributed by atoms with Crippen molar-refractivity contribution < 1.29 is 22.7 Å². The van der Waals surface area contributed by atoms with Crippen molar-refractivity contribution in [3.63, 3.8) is 0 Å². The summed E-state index contributed by atoms with van der Waals surface area (Å²) in [5.41, 5.74) is 0.686. The SMILES string of the molecule is CCCNC(=O)c1ccc(C2CCNCC2)cc1OC(F)(F)F.Cl. The van der Waals surface area contributed by atoms with Gasteiger partial charge < -0.3 is 15.4 Å². The number of hydrogen-bond donors (Lipinski definition) is 2. The smallest absolute Gasteiger partial charge is 0.405 e. The van der Waals surface area contributed by atoms with Crippen LogP contribution in [-0.2, 0) is 0 Å². The molecule has 1 aromatic carbocycles. The fraction of sp³-hybridized carbons (Fsp3) is 0.562. The lowest BCUT2D eigenvalue weighted by molar-refractivity contribution is -0.274. The Labute approximate surface area is 145 Å². The number of carbonyl (C=O) groups is 1. The first-order valence-electron chi connectivity index (χ1n) is 7.79. The minimum atomic E-state index is -4.83. The van der Waals surface area contributed by atoms with Crippen LogP contribution in [0.1, 0.15) is 48.0 Å². The van der Waals surface area contributed by atoms with Gasteiger partial charge in [0.1, 0.15) is 5.75 Å². The number of alkyl halides is 3. The maximum atomic E-state index is 12.6. The zero-order valence-electron chi connectivity index (χ0n) is 13.4. The van der Waals surface area contributed by atoms with Crippen molar-refractivity contribution in [3.05, 3.63) is 29.3 Å². The topological polar surface area (TPSA) is 50.4 Å². The molecule has 1 saturated heterocycles. The van der Waals surface area contributed by atoms with E-state index in [9.17, 15) is 18.0 Å². The van der Waals surface area contributed by atoms with Gasteiger partial charge in [0.2, 0.25) is 0 Å². The van der Waals surface area contributed by atoms with Crippen molar-refractivity contribution in [3.8, 4) is 5.75 Å². The van der Waals surface area contributed by atoms with Crippen LogP contribution in [0.2, 0.25) is 0 Å². The number of piperidine rings is 1. The molecule has 1 aromatic rings. The molecule has 2 N–H and O–H groups in total. The molecule has 0 unspecified atom stereocenters. The van der Waals surface area contributed by atoms with Gasteiger partial charge in [-0.05, 0) is 56.0 Å². The molecule has 0 saturated carbocycles. The van der Waals surface area contributed by atoms with Gasteiger partial charge in [-0.2, -0.15) is 0 Å². The van der Waals surface area contributed by atoms with E-state index in [0.717, 1.165) is 31.5 Å². The Bertz CT molecular complexity index is 547. The van der Waals surface area contributed by atoms with E-state index in [0.29, 0.717) is 13.0 Å². The van der Waals surface area contributed by atoms with E-state index >= 15 is 0 Å². The van der Waals surface area contributed by atoms with Gasteiger partial charge >= 0.3 is 6.36 Å². The molecular weight excluding hydrogens is 345 g/mol. The molecule has 8 heteroatoms. The first-order valence-corrected chi connectivity index (χ1v) is 7.79. The Hall–Kier alpha value is -1.47. The summed E-state index contributed by atoms with van der Waals surface area (Å²) in [5.74, 6) is -0.801. The number of hydrogen-bond acceptors (Lipinski definition) is 3. The second kappa shape index (κ2) is 9.13. The maximum Gasteiger partial charge on any atom is 0.573 e. The average Bonchev–Trinajstić information content (AvgIpc) is 2.52. The fourth-order valence-electron chi connectivity index (χ4n) is 2.68. The first-order chi connectivity index (χ1) is 10.9. The predicted molar refractivity (Wildman–Crippen MR) is 87.8 cm³/mol. The van der Waals surface area contributed by atoms with E-state index in [4.69, 9.17) is 0 Å². The monoisotopic (exact) mass is 366 g/mol. The Morgan fingerprint density at radius 1 is 1.33 bits per heavy atom. The molecule has 0 radical (unpaired) electrons. The van der Waals surface area contributed by atoms with Crippen molar-refractivity contribution in [2.24, 2.45) is 0 Å². The highest BCUT2D eigenvalue weighted by molar-refractivity contribution is 5.97. The minimum absolute atomic E-state index is 0. The van der Waals surface area contributed by atoms with Crippen molar-refractivity contribution in [2.75, 3.05) is 19.6 Å². The minimum Gasteiger partial charge on any atom is -0.405 e.